The number of aromatic nitrogens is 4. The lowest BCUT2D eigenvalue weighted by Gasteiger charge is -2.30. The number of halogens is 1. The van der Waals surface area contributed by atoms with Crippen molar-refractivity contribution in [2.75, 3.05) is 24.2 Å². The van der Waals surface area contributed by atoms with Gasteiger partial charge in [-0.25, -0.2) is 32.2 Å². The number of alkyl halides is 1. The number of benzene rings is 1. The smallest absolute Gasteiger partial charge is 0.283 e. The first-order valence-electron chi connectivity index (χ1n) is 13.5. The lowest BCUT2D eigenvalue weighted by molar-refractivity contribution is 0.0977. The van der Waals surface area contributed by atoms with E-state index in [2.05, 4.69) is 16.0 Å². The predicted octanol–water partition coefficient (Wildman–Crippen LogP) is 4.13. The molecule has 0 spiro atoms. The highest BCUT2D eigenvalue weighted by molar-refractivity contribution is 7.89. The molecule has 1 aromatic carbocycles. The highest BCUT2D eigenvalue weighted by atomic mass is 32.2. The lowest BCUT2D eigenvalue weighted by atomic mass is 9.79. The minimum atomic E-state index is -3.84. The topological polar surface area (TPSA) is 134 Å². The number of hydrogen-bond donors (Lipinski definition) is 1. The van der Waals surface area contributed by atoms with E-state index in [4.69, 9.17) is 10.1 Å². The van der Waals surface area contributed by atoms with E-state index in [1.165, 1.54) is 0 Å². The molecule has 1 amide bonds. The normalized spacial score (nSPS) is 19.5. The Kier molecular flexibility index (Phi) is 6.91. The molecule has 1 saturated carbocycles. The molecule has 3 aromatic heterocycles. The van der Waals surface area contributed by atoms with Crippen LogP contribution in [0.4, 0.5) is 10.2 Å². The van der Waals surface area contributed by atoms with Gasteiger partial charge >= 0.3 is 0 Å². The minimum absolute atomic E-state index is 0.0575. The number of nitrogens with one attached hydrogen (secondary N) is 1. The SMILES string of the molecule is CS(=O)(=O)NC(=O)c1cc(-c2ccc(N3CCC(C#N)CC3)nc2)c2c(n1)n(-c1ccccc1)nc2[C@H]1C[C@H](F)C1. The van der Waals surface area contributed by atoms with Gasteiger partial charge in [-0.3, -0.25) is 4.79 Å². The quantitative estimate of drug-likeness (QED) is 0.364. The second-order valence-electron chi connectivity index (χ2n) is 10.7. The lowest BCUT2D eigenvalue weighted by Crippen LogP contribution is -2.33. The number of sulfonamides is 1. The Morgan fingerprint density at radius 1 is 1.12 bits per heavy atom. The van der Waals surface area contributed by atoms with E-state index >= 15 is 0 Å². The number of rotatable bonds is 6. The van der Waals surface area contributed by atoms with Gasteiger partial charge in [0, 0.05) is 36.7 Å². The number of para-hydroxylation sites is 1. The minimum Gasteiger partial charge on any atom is -0.357 e. The molecule has 2 fully saturated rings. The summed E-state index contributed by atoms with van der Waals surface area (Å²) in [5.41, 5.74) is 2.95. The maximum atomic E-state index is 14.0. The zero-order valence-electron chi connectivity index (χ0n) is 22.4. The summed E-state index contributed by atoms with van der Waals surface area (Å²) in [6.45, 7) is 1.47. The Bertz CT molecular complexity index is 1750. The van der Waals surface area contributed by atoms with Crippen LogP contribution in [0.1, 0.15) is 47.8 Å². The Labute approximate surface area is 236 Å². The molecule has 0 unspecified atom stereocenters. The molecule has 1 saturated heterocycles. The first-order valence-corrected chi connectivity index (χ1v) is 15.4. The van der Waals surface area contributed by atoms with Crippen molar-refractivity contribution in [1.82, 2.24) is 24.5 Å². The van der Waals surface area contributed by atoms with E-state index in [0.717, 1.165) is 38.0 Å². The Hall–Kier alpha value is -4.37. The maximum Gasteiger partial charge on any atom is 0.283 e. The number of carbonyl (C=O) groups excluding carboxylic acids is 1. The predicted molar refractivity (Wildman–Crippen MR) is 152 cm³/mol. The van der Waals surface area contributed by atoms with Crippen LogP contribution >= 0.6 is 0 Å². The summed E-state index contributed by atoms with van der Waals surface area (Å²) in [6, 6.07) is 17.0. The number of amides is 1. The molecule has 1 N–H and O–H groups in total. The molecule has 0 bridgehead atoms. The highest BCUT2D eigenvalue weighted by Gasteiger charge is 2.35. The molecule has 10 nitrogen and oxygen atoms in total. The summed E-state index contributed by atoms with van der Waals surface area (Å²) in [4.78, 5) is 24.4. The molecule has 4 aromatic rings. The van der Waals surface area contributed by atoms with Crippen LogP contribution in [0, 0.1) is 17.2 Å². The third-order valence-electron chi connectivity index (χ3n) is 7.70. The largest absolute Gasteiger partial charge is 0.357 e. The van der Waals surface area contributed by atoms with E-state index < -0.39 is 22.1 Å². The Morgan fingerprint density at radius 3 is 2.46 bits per heavy atom. The number of fused-ring (bicyclic) bond motifs is 1. The van der Waals surface area contributed by atoms with Crippen LogP contribution in [-0.2, 0) is 10.0 Å². The van der Waals surface area contributed by atoms with E-state index in [-0.39, 0.29) is 17.5 Å². The van der Waals surface area contributed by atoms with Crippen molar-refractivity contribution in [3.63, 3.8) is 0 Å². The van der Waals surface area contributed by atoms with Gasteiger partial charge in [0.1, 0.15) is 17.7 Å². The number of pyridine rings is 2. The first kappa shape index (κ1) is 26.8. The van der Waals surface area contributed by atoms with Crippen molar-refractivity contribution >= 4 is 32.8 Å². The molecule has 2 aliphatic rings. The van der Waals surface area contributed by atoms with Crippen molar-refractivity contribution in [3.05, 3.63) is 66.1 Å². The molecular formula is C29H28FN7O3S. The van der Waals surface area contributed by atoms with Crippen molar-refractivity contribution in [1.29, 1.82) is 5.26 Å². The number of nitriles is 1. The standard InChI is InChI=1S/C29H28FN7O3S/c1-41(39,40)35-29(38)24-15-23(19-7-8-25(32-17-19)36-11-9-18(16-31)10-12-36)26-27(20-13-21(30)14-20)34-37(28(26)33-24)22-5-3-2-4-6-22/h2-8,15,17-18,20-21H,9-14H2,1H3,(H,35,38)/t20-,21-. The summed E-state index contributed by atoms with van der Waals surface area (Å²) >= 11 is 0. The van der Waals surface area contributed by atoms with Crippen LogP contribution in [-0.4, -0.2) is 59.6 Å². The molecule has 41 heavy (non-hydrogen) atoms. The van der Waals surface area contributed by atoms with Crippen LogP contribution in [0.25, 0.3) is 27.8 Å². The van der Waals surface area contributed by atoms with Gasteiger partial charge < -0.3 is 4.90 Å². The number of anilines is 1. The Balaban J connectivity index is 1.50. The molecule has 1 aliphatic carbocycles. The van der Waals surface area contributed by atoms with Crippen LogP contribution < -0.4 is 9.62 Å². The van der Waals surface area contributed by atoms with Gasteiger partial charge in [-0.05, 0) is 61.6 Å². The second kappa shape index (κ2) is 10.6. The maximum absolute atomic E-state index is 14.0. The molecule has 6 rings (SSSR count). The van der Waals surface area contributed by atoms with Gasteiger partial charge in [0.05, 0.1) is 29.1 Å². The van der Waals surface area contributed by atoms with E-state index in [9.17, 15) is 22.9 Å². The summed E-state index contributed by atoms with van der Waals surface area (Å²) in [6.07, 6.45) is 3.95. The van der Waals surface area contributed by atoms with Crippen LogP contribution in [0.15, 0.2) is 54.7 Å². The van der Waals surface area contributed by atoms with Gasteiger partial charge in [-0.1, -0.05) is 18.2 Å². The van der Waals surface area contributed by atoms with Gasteiger partial charge in [0.25, 0.3) is 5.91 Å². The number of piperidine rings is 1. The average molecular weight is 574 g/mol. The van der Waals surface area contributed by atoms with Crippen molar-refractivity contribution < 1.29 is 17.6 Å². The summed E-state index contributed by atoms with van der Waals surface area (Å²) in [7, 11) is -3.84. The van der Waals surface area contributed by atoms with Crippen molar-refractivity contribution in [2.45, 2.75) is 37.8 Å². The van der Waals surface area contributed by atoms with Crippen molar-refractivity contribution in [2.24, 2.45) is 5.92 Å². The number of nitrogens with zero attached hydrogens (tertiary/aromatic N) is 6. The van der Waals surface area contributed by atoms with Gasteiger partial charge in [0.2, 0.25) is 10.0 Å². The summed E-state index contributed by atoms with van der Waals surface area (Å²) in [5, 5.41) is 14.8. The average Bonchev–Trinajstić information content (AvgIpc) is 3.34. The fourth-order valence-electron chi connectivity index (χ4n) is 5.48. The molecule has 0 atom stereocenters. The molecule has 0 radical (unpaired) electrons. The number of carbonyl (C=O) groups is 1. The summed E-state index contributed by atoms with van der Waals surface area (Å²) in [5.74, 6) is -0.148. The Morgan fingerprint density at radius 2 is 1.85 bits per heavy atom. The van der Waals surface area contributed by atoms with Crippen molar-refractivity contribution in [3.8, 4) is 22.9 Å². The second-order valence-corrected chi connectivity index (χ2v) is 12.4. The number of hydrogen-bond acceptors (Lipinski definition) is 8. The molecular weight excluding hydrogens is 545 g/mol. The zero-order valence-corrected chi connectivity index (χ0v) is 23.2. The monoisotopic (exact) mass is 573 g/mol. The van der Waals surface area contributed by atoms with Gasteiger partial charge in [-0.2, -0.15) is 10.4 Å². The third-order valence-corrected chi connectivity index (χ3v) is 8.26. The fourth-order valence-corrected chi connectivity index (χ4v) is 5.93. The molecule has 210 valence electrons. The van der Waals surface area contributed by atoms with Crippen LogP contribution in [0.2, 0.25) is 0 Å². The first-order chi connectivity index (χ1) is 19.7. The van der Waals surface area contributed by atoms with Crippen LogP contribution in [0.3, 0.4) is 0 Å². The molecule has 12 heteroatoms. The van der Waals surface area contributed by atoms with E-state index in [1.807, 2.05) is 47.2 Å². The molecule has 4 heterocycles. The zero-order chi connectivity index (χ0) is 28.7. The fraction of sp³-hybridized carbons (Fsp3) is 0.345. The highest BCUT2D eigenvalue weighted by Crippen LogP contribution is 2.44. The third kappa shape index (κ3) is 5.37. The van der Waals surface area contributed by atoms with E-state index in [1.54, 1.807) is 16.9 Å². The van der Waals surface area contributed by atoms with Crippen LogP contribution in [0.5, 0.6) is 0 Å². The van der Waals surface area contributed by atoms with E-state index in [0.29, 0.717) is 46.4 Å². The van der Waals surface area contributed by atoms with Gasteiger partial charge in [0.15, 0.2) is 5.65 Å². The van der Waals surface area contributed by atoms with Gasteiger partial charge in [-0.15, -0.1) is 0 Å². The molecule has 1 aliphatic heterocycles. The summed E-state index contributed by atoms with van der Waals surface area (Å²) < 4.78 is 41.4.